The van der Waals surface area contributed by atoms with Crippen molar-refractivity contribution in [2.75, 3.05) is 0 Å². The van der Waals surface area contributed by atoms with Crippen LogP contribution in [0.2, 0.25) is 0 Å². The van der Waals surface area contributed by atoms with Crippen LogP contribution in [0.15, 0.2) is 42.6 Å². The number of nitrogens with zero attached hydrogens (tertiary/aromatic N) is 3. The molecule has 0 unspecified atom stereocenters. The van der Waals surface area contributed by atoms with Gasteiger partial charge in [0, 0.05) is 17.0 Å². The molecular formula is C16H11N3O2. The fourth-order valence-corrected chi connectivity index (χ4v) is 2.37. The zero-order chi connectivity index (χ0) is 15.0. The number of carboxylic acid groups (broad SMARTS) is 1. The average molecular weight is 277 g/mol. The summed E-state index contributed by atoms with van der Waals surface area (Å²) >= 11 is 0. The molecule has 0 aliphatic carbocycles. The number of carbonyl (C=O) groups is 1. The Kier molecular flexibility index (Phi) is 2.92. The Morgan fingerprint density at radius 2 is 1.95 bits per heavy atom. The summed E-state index contributed by atoms with van der Waals surface area (Å²) in [4.78, 5) is 11.1. The standard InChI is InChI=1S/C16H11N3O2/c1-10-14(16(20)21)9-19(18-10)15-7-6-11(8-17)12-4-2-3-5-13(12)15/h2-7,9H,1H3,(H,20,21). The van der Waals surface area contributed by atoms with Crippen molar-refractivity contribution in [2.24, 2.45) is 0 Å². The molecule has 5 nitrogen and oxygen atoms in total. The van der Waals surface area contributed by atoms with E-state index in [1.54, 1.807) is 23.7 Å². The van der Waals surface area contributed by atoms with Crippen molar-refractivity contribution in [3.63, 3.8) is 0 Å². The fourth-order valence-electron chi connectivity index (χ4n) is 2.37. The van der Waals surface area contributed by atoms with Gasteiger partial charge in [-0.3, -0.25) is 0 Å². The molecule has 0 radical (unpaired) electrons. The summed E-state index contributed by atoms with van der Waals surface area (Å²) < 4.78 is 1.54. The highest BCUT2D eigenvalue weighted by Gasteiger charge is 2.14. The van der Waals surface area contributed by atoms with Gasteiger partial charge in [0.1, 0.15) is 5.56 Å². The Morgan fingerprint density at radius 3 is 2.57 bits per heavy atom. The van der Waals surface area contributed by atoms with Gasteiger partial charge in [0.05, 0.1) is 23.0 Å². The Morgan fingerprint density at radius 1 is 1.24 bits per heavy atom. The molecule has 0 spiro atoms. The van der Waals surface area contributed by atoms with Crippen LogP contribution in [0, 0.1) is 18.3 Å². The monoisotopic (exact) mass is 277 g/mol. The molecule has 21 heavy (non-hydrogen) atoms. The molecule has 3 aromatic rings. The summed E-state index contributed by atoms with van der Waals surface area (Å²) in [5.74, 6) is -1.00. The lowest BCUT2D eigenvalue weighted by molar-refractivity contribution is 0.0696. The predicted octanol–water partition coefficient (Wildman–Crippen LogP) is 2.90. The molecule has 1 aromatic heterocycles. The maximum Gasteiger partial charge on any atom is 0.339 e. The van der Waals surface area contributed by atoms with Crippen molar-refractivity contribution in [3.8, 4) is 11.8 Å². The first kappa shape index (κ1) is 12.9. The average Bonchev–Trinajstić information content (AvgIpc) is 2.88. The Hall–Kier alpha value is -3.13. The van der Waals surface area contributed by atoms with Crippen molar-refractivity contribution < 1.29 is 9.90 Å². The summed E-state index contributed by atoms with van der Waals surface area (Å²) in [6.45, 7) is 1.66. The molecule has 2 aromatic carbocycles. The van der Waals surface area contributed by atoms with E-state index in [1.807, 2.05) is 24.3 Å². The van der Waals surface area contributed by atoms with E-state index in [0.29, 0.717) is 11.3 Å². The van der Waals surface area contributed by atoms with Crippen LogP contribution in [-0.4, -0.2) is 20.9 Å². The van der Waals surface area contributed by atoms with Crippen molar-refractivity contribution in [2.45, 2.75) is 6.92 Å². The molecule has 5 heteroatoms. The van der Waals surface area contributed by atoms with Crippen molar-refractivity contribution >= 4 is 16.7 Å². The van der Waals surface area contributed by atoms with Gasteiger partial charge < -0.3 is 5.11 Å². The normalized spacial score (nSPS) is 10.5. The molecule has 102 valence electrons. The number of nitriles is 1. The molecule has 1 heterocycles. The van der Waals surface area contributed by atoms with Gasteiger partial charge in [0.25, 0.3) is 0 Å². The maximum atomic E-state index is 11.1. The van der Waals surface area contributed by atoms with Crippen LogP contribution in [-0.2, 0) is 0 Å². The zero-order valence-electron chi connectivity index (χ0n) is 11.2. The lowest BCUT2D eigenvalue weighted by Crippen LogP contribution is -1.97. The predicted molar refractivity (Wildman–Crippen MR) is 77.5 cm³/mol. The molecule has 0 amide bonds. The third kappa shape index (κ3) is 2.03. The minimum absolute atomic E-state index is 0.170. The zero-order valence-corrected chi connectivity index (χ0v) is 11.2. The number of hydrogen-bond donors (Lipinski definition) is 1. The minimum atomic E-state index is -1.00. The highest BCUT2D eigenvalue weighted by atomic mass is 16.4. The number of rotatable bonds is 2. The SMILES string of the molecule is Cc1nn(-c2ccc(C#N)c3ccccc23)cc1C(=O)O. The topological polar surface area (TPSA) is 78.9 Å². The number of hydrogen-bond acceptors (Lipinski definition) is 3. The van der Waals surface area contributed by atoms with Gasteiger partial charge in [-0.05, 0) is 19.1 Å². The number of fused-ring (bicyclic) bond motifs is 1. The van der Waals surface area contributed by atoms with Crippen molar-refractivity contribution in [1.82, 2.24) is 9.78 Å². The maximum absolute atomic E-state index is 11.1. The summed E-state index contributed by atoms with van der Waals surface area (Å²) in [7, 11) is 0. The number of carboxylic acids is 1. The molecule has 0 aliphatic heterocycles. The van der Waals surface area contributed by atoms with E-state index in [4.69, 9.17) is 10.4 Å². The van der Waals surface area contributed by atoms with Crippen LogP contribution in [0.3, 0.4) is 0 Å². The second-order valence-electron chi connectivity index (χ2n) is 4.67. The number of aryl methyl sites for hydroxylation is 1. The molecule has 0 atom stereocenters. The molecule has 1 N–H and O–H groups in total. The van der Waals surface area contributed by atoms with Crippen LogP contribution < -0.4 is 0 Å². The third-order valence-electron chi connectivity index (χ3n) is 3.40. The Bertz CT molecular complexity index is 904. The van der Waals surface area contributed by atoms with Gasteiger partial charge in [-0.1, -0.05) is 24.3 Å². The molecular weight excluding hydrogens is 266 g/mol. The summed E-state index contributed by atoms with van der Waals surface area (Å²) in [6, 6.07) is 13.2. The second kappa shape index (κ2) is 4.76. The van der Waals surface area contributed by atoms with Crippen LogP contribution >= 0.6 is 0 Å². The Balaban J connectivity index is 2.29. The number of aromatic carboxylic acids is 1. The summed E-state index contributed by atoms with van der Waals surface area (Å²) in [5, 5.41) is 24.2. The van der Waals surface area contributed by atoms with Crippen molar-refractivity contribution in [1.29, 1.82) is 5.26 Å². The quantitative estimate of drug-likeness (QED) is 0.781. The summed E-state index contributed by atoms with van der Waals surface area (Å²) in [6.07, 6.45) is 1.49. The van der Waals surface area contributed by atoms with E-state index in [-0.39, 0.29) is 5.56 Å². The lowest BCUT2D eigenvalue weighted by atomic mass is 10.0. The van der Waals surface area contributed by atoms with E-state index >= 15 is 0 Å². The molecule has 0 saturated carbocycles. The highest BCUT2D eigenvalue weighted by Crippen LogP contribution is 2.25. The smallest absolute Gasteiger partial charge is 0.339 e. The van der Waals surface area contributed by atoms with Crippen LogP contribution in [0.25, 0.3) is 16.5 Å². The minimum Gasteiger partial charge on any atom is -0.478 e. The van der Waals surface area contributed by atoms with Crippen LogP contribution in [0.5, 0.6) is 0 Å². The van der Waals surface area contributed by atoms with Crippen LogP contribution in [0.1, 0.15) is 21.6 Å². The van der Waals surface area contributed by atoms with Gasteiger partial charge in [0.15, 0.2) is 0 Å². The number of aromatic nitrogens is 2. The van der Waals surface area contributed by atoms with E-state index in [1.165, 1.54) is 6.20 Å². The second-order valence-corrected chi connectivity index (χ2v) is 4.67. The van der Waals surface area contributed by atoms with Gasteiger partial charge in [-0.25, -0.2) is 9.48 Å². The highest BCUT2D eigenvalue weighted by molar-refractivity contribution is 5.94. The molecule has 3 rings (SSSR count). The fraction of sp³-hybridized carbons (Fsp3) is 0.0625. The Labute approximate surface area is 120 Å². The van der Waals surface area contributed by atoms with Crippen LogP contribution in [0.4, 0.5) is 0 Å². The van der Waals surface area contributed by atoms with E-state index < -0.39 is 5.97 Å². The number of benzene rings is 2. The lowest BCUT2D eigenvalue weighted by Gasteiger charge is -2.07. The first-order valence-corrected chi connectivity index (χ1v) is 6.33. The molecule has 0 aliphatic rings. The van der Waals surface area contributed by atoms with Crippen molar-refractivity contribution in [3.05, 3.63) is 59.4 Å². The molecule has 0 fully saturated rings. The van der Waals surface area contributed by atoms with E-state index in [0.717, 1.165) is 16.5 Å². The van der Waals surface area contributed by atoms with E-state index in [2.05, 4.69) is 11.2 Å². The summed E-state index contributed by atoms with van der Waals surface area (Å²) in [5.41, 5.74) is 1.95. The van der Waals surface area contributed by atoms with Gasteiger partial charge in [0.2, 0.25) is 0 Å². The first-order valence-electron chi connectivity index (χ1n) is 6.33. The van der Waals surface area contributed by atoms with E-state index in [9.17, 15) is 4.79 Å². The third-order valence-corrected chi connectivity index (χ3v) is 3.40. The molecule has 0 saturated heterocycles. The van der Waals surface area contributed by atoms with Gasteiger partial charge in [-0.2, -0.15) is 10.4 Å². The van der Waals surface area contributed by atoms with Gasteiger partial charge >= 0.3 is 5.97 Å². The first-order chi connectivity index (χ1) is 10.1. The largest absolute Gasteiger partial charge is 0.478 e. The molecule has 0 bridgehead atoms. The van der Waals surface area contributed by atoms with Gasteiger partial charge in [-0.15, -0.1) is 0 Å².